The van der Waals surface area contributed by atoms with Gasteiger partial charge in [0.25, 0.3) is 0 Å². The molecule has 2 nitrogen and oxygen atoms in total. The zero-order valence-corrected chi connectivity index (χ0v) is 6.04. The van der Waals surface area contributed by atoms with Gasteiger partial charge in [0.15, 0.2) is 0 Å². The van der Waals surface area contributed by atoms with Crippen molar-refractivity contribution in [3.8, 4) is 0 Å². The molecule has 2 heteroatoms. The highest BCUT2D eigenvalue weighted by atomic mass is 14.8. The molecule has 0 bridgehead atoms. The van der Waals surface area contributed by atoms with Gasteiger partial charge in [0, 0.05) is 24.0 Å². The summed E-state index contributed by atoms with van der Waals surface area (Å²) in [4.78, 5) is 8.28. The molecule has 1 saturated carbocycles. The molecule has 1 fully saturated rings. The summed E-state index contributed by atoms with van der Waals surface area (Å²) in [5.74, 6) is 0. The summed E-state index contributed by atoms with van der Waals surface area (Å²) >= 11 is 0. The van der Waals surface area contributed by atoms with E-state index in [1.807, 2.05) is 6.20 Å². The summed E-state index contributed by atoms with van der Waals surface area (Å²) in [6.07, 6.45) is 7.89. The van der Waals surface area contributed by atoms with Crippen LogP contribution in [0.5, 0.6) is 0 Å². The van der Waals surface area contributed by atoms with Gasteiger partial charge in [-0.1, -0.05) is 6.92 Å². The highest BCUT2D eigenvalue weighted by Gasteiger charge is 2.40. The van der Waals surface area contributed by atoms with Gasteiger partial charge < -0.3 is 0 Å². The van der Waals surface area contributed by atoms with Crippen LogP contribution in [-0.4, -0.2) is 9.97 Å². The largest absolute Gasteiger partial charge is 0.261 e. The van der Waals surface area contributed by atoms with E-state index in [1.165, 1.54) is 12.8 Å². The number of rotatable bonds is 1. The van der Waals surface area contributed by atoms with Gasteiger partial charge in [-0.2, -0.15) is 0 Å². The Labute approximate surface area is 60.3 Å². The molecule has 1 aromatic rings. The van der Waals surface area contributed by atoms with Crippen LogP contribution in [0, 0.1) is 0 Å². The third kappa shape index (κ3) is 0.801. The van der Waals surface area contributed by atoms with Crippen LogP contribution in [0.15, 0.2) is 18.6 Å². The second-order valence-corrected chi connectivity index (χ2v) is 3.15. The van der Waals surface area contributed by atoms with Crippen molar-refractivity contribution >= 4 is 0 Å². The molecular weight excluding hydrogens is 124 g/mol. The minimum Gasteiger partial charge on any atom is -0.261 e. The molecule has 0 atom stereocenters. The van der Waals surface area contributed by atoms with Crippen molar-refractivity contribution in [1.29, 1.82) is 0 Å². The first-order chi connectivity index (χ1) is 4.81. The first kappa shape index (κ1) is 5.83. The lowest BCUT2D eigenvalue weighted by molar-refractivity contribution is 0.742. The topological polar surface area (TPSA) is 25.8 Å². The molecule has 0 aromatic carbocycles. The molecule has 52 valence electrons. The molecule has 0 spiro atoms. The van der Waals surface area contributed by atoms with Crippen LogP contribution in [0.4, 0.5) is 0 Å². The fourth-order valence-electron chi connectivity index (χ4n) is 1.05. The van der Waals surface area contributed by atoms with Gasteiger partial charge in [-0.05, 0) is 12.8 Å². The first-order valence-electron chi connectivity index (χ1n) is 3.58. The summed E-state index contributed by atoms with van der Waals surface area (Å²) in [6, 6.07) is 0. The van der Waals surface area contributed by atoms with E-state index >= 15 is 0 Å². The molecule has 10 heavy (non-hydrogen) atoms. The molecule has 1 heterocycles. The summed E-state index contributed by atoms with van der Waals surface area (Å²) < 4.78 is 0. The molecule has 0 unspecified atom stereocenters. The number of nitrogens with zero attached hydrogens (tertiary/aromatic N) is 2. The van der Waals surface area contributed by atoms with Crippen LogP contribution in [0.3, 0.4) is 0 Å². The van der Waals surface area contributed by atoms with Gasteiger partial charge in [-0.15, -0.1) is 0 Å². The average Bonchev–Trinajstić information content (AvgIpc) is 2.72. The van der Waals surface area contributed by atoms with E-state index in [0.29, 0.717) is 5.41 Å². The summed E-state index contributed by atoms with van der Waals surface area (Å²) in [7, 11) is 0. The molecule has 1 aromatic heterocycles. The van der Waals surface area contributed by atoms with Crippen LogP contribution >= 0.6 is 0 Å². The van der Waals surface area contributed by atoms with Gasteiger partial charge in [-0.25, -0.2) is 0 Å². The van der Waals surface area contributed by atoms with Crippen molar-refractivity contribution in [3.05, 3.63) is 24.3 Å². The van der Waals surface area contributed by atoms with E-state index in [4.69, 9.17) is 0 Å². The fourth-order valence-corrected chi connectivity index (χ4v) is 1.05. The second-order valence-electron chi connectivity index (χ2n) is 3.15. The van der Waals surface area contributed by atoms with Crippen molar-refractivity contribution in [2.45, 2.75) is 25.2 Å². The fraction of sp³-hybridized carbons (Fsp3) is 0.500. The zero-order valence-electron chi connectivity index (χ0n) is 6.04. The Morgan fingerprint density at radius 1 is 1.40 bits per heavy atom. The first-order valence-corrected chi connectivity index (χ1v) is 3.58. The Balaban J connectivity index is 2.35. The van der Waals surface area contributed by atoms with Gasteiger partial charge in [0.1, 0.15) is 0 Å². The Morgan fingerprint density at radius 3 is 2.70 bits per heavy atom. The van der Waals surface area contributed by atoms with Crippen LogP contribution in [0.1, 0.15) is 25.5 Å². The van der Waals surface area contributed by atoms with E-state index in [-0.39, 0.29) is 0 Å². The molecule has 0 aliphatic heterocycles. The molecule has 0 amide bonds. The molecule has 2 rings (SSSR count). The van der Waals surface area contributed by atoms with Crippen molar-refractivity contribution in [3.63, 3.8) is 0 Å². The molecule has 1 aliphatic rings. The van der Waals surface area contributed by atoms with Crippen molar-refractivity contribution in [1.82, 2.24) is 9.97 Å². The Kier molecular flexibility index (Phi) is 1.04. The minimum absolute atomic E-state index is 0.369. The third-order valence-electron chi connectivity index (χ3n) is 2.18. The predicted molar refractivity (Wildman–Crippen MR) is 38.6 cm³/mol. The maximum Gasteiger partial charge on any atom is 0.0645 e. The summed E-state index contributed by atoms with van der Waals surface area (Å²) in [5, 5.41) is 0. The SMILES string of the molecule is CC1(c2cnccn2)CC1. The summed E-state index contributed by atoms with van der Waals surface area (Å²) in [5.41, 5.74) is 1.52. The number of hydrogen-bond acceptors (Lipinski definition) is 2. The lowest BCUT2D eigenvalue weighted by Gasteiger charge is -2.03. The maximum atomic E-state index is 4.25. The lowest BCUT2D eigenvalue weighted by atomic mass is 10.1. The van der Waals surface area contributed by atoms with Crippen LogP contribution in [0.25, 0.3) is 0 Å². The van der Waals surface area contributed by atoms with Crippen LogP contribution < -0.4 is 0 Å². The Bertz CT molecular complexity index is 226. The molecule has 0 saturated heterocycles. The van der Waals surface area contributed by atoms with Gasteiger partial charge >= 0.3 is 0 Å². The van der Waals surface area contributed by atoms with E-state index < -0.39 is 0 Å². The molecule has 1 aliphatic carbocycles. The molecule has 0 radical (unpaired) electrons. The quantitative estimate of drug-likeness (QED) is 0.582. The van der Waals surface area contributed by atoms with Crippen LogP contribution in [-0.2, 0) is 5.41 Å². The maximum absolute atomic E-state index is 4.25. The predicted octanol–water partition coefficient (Wildman–Crippen LogP) is 1.53. The van der Waals surface area contributed by atoms with Gasteiger partial charge in [0.05, 0.1) is 5.69 Å². The van der Waals surface area contributed by atoms with E-state index in [0.717, 1.165) is 5.69 Å². The van der Waals surface area contributed by atoms with Crippen molar-refractivity contribution in [2.24, 2.45) is 0 Å². The average molecular weight is 134 g/mol. The number of aromatic nitrogens is 2. The third-order valence-corrected chi connectivity index (χ3v) is 2.18. The molecular formula is C8H10N2. The van der Waals surface area contributed by atoms with E-state index in [9.17, 15) is 0 Å². The molecule has 0 N–H and O–H groups in total. The Hall–Kier alpha value is -0.920. The normalized spacial score (nSPS) is 20.5. The summed E-state index contributed by atoms with van der Waals surface area (Å²) in [6.45, 7) is 2.23. The Morgan fingerprint density at radius 2 is 2.20 bits per heavy atom. The van der Waals surface area contributed by atoms with Gasteiger partial charge in [0.2, 0.25) is 0 Å². The van der Waals surface area contributed by atoms with Crippen molar-refractivity contribution < 1.29 is 0 Å². The smallest absolute Gasteiger partial charge is 0.0645 e. The number of hydrogen-bond donors (Lipinski definition) is 0. The highest BCUT2D eigenvalue weighted by Crippen LogP contribution is 2.46. The van der Waals surface area contributed by atoms with Gasteiger partial charge in [-0.3, -0.25) is 9.97 Å². The minimum atomic E-state index is 0.369. The second kappa shape index (κ2) is 1.78. The standard InChI is InChI=1S/C8H10N2/c1-8(2-3-8)7-6-9-4-5-10-7/h4-6H,2-3H2,1H3. The highest BCUT2D eigenvalue weighted by molar-refractivity contribution is 5.19. The monoisotopic (exact) mass is 134 g/mol. The van der Waals surface area contributed by atoms with Crippen molar-refractivity contribution in [2.75, 3.05) is 0 Å². The van der Waals surface area contributed by atoms with E-state index in [2.05, 4.69) is 16.9 Å². The van der Waals surface area contributed by atoms with E-state index in [1.54, 1.807) is 12.4 Å². The zero-order chi connectivity index (χ0) is 7.03. The lowest BCUT2D eigenvalue weighted by Crippen LogP contribution is -2.02. The van der Waals surface area contributed by atoms with Crippen LogP contribution in [0.2, 0.25) is 0 Å².